The van der Waals surface area contributed by atoms with Crippen LogP contribution < -0.4 is 0 Å². The van der Waals surface area contributed by atoms with Gasteiger partial charge in [0.1, 0.15) is 0 Å². The molecule has 0 bridgehead atoms. The molecule has 0 saturated heterocycles. The average Bonchev–Trinajstić information content (AvgIpc) is 1.81. The fourth-order valence-corrected chi connectivity index (χ4v) is 0.415. The van der Waals surface area contributed by atoms with Crippen molar-refractivity contribution < 1.29 is 9.90 Å². The van der Waals surface area contributed by atoms with Gasteiger partial charge in [-0.25, -0.2) is 0 Å². The largest absolute Gasteiger partial charge is 0.386 e. The molecule has 0 aromatic heterocycles. The fraction of sp³-hybridized carbons (Fsp3) is 0.625. The minimum Gasteiger partial charge on any atom is -0.386 e. The smallest absolute Gasteiger partial charge is 0.155 e. The van der Waals surface area contributed by atoms with Crippen molar-refractivity contribution in [2.24, 2.45) is 0 Å². The zero-order valence-electron chi connectivity index (χ0n) is 6.72. The van der Waals surface area contributed by atoms with Crippen molar-refractivity contribution in [2.75, 3.05) is 0 Å². The molecule has 0 aliphatic heterocycles. The Bertz CT molecular complexity index is 140. The van der Waals surface area contributed by atoms with Crippen molar-refractivity contribution in [1.29, 1.82) is 0 Å². The van der Waals surface area contributed by atoms with E-state index in [9.17, 15) is 4.79 Å². The molecule has 0 aliphatic rings. The van der Waals surface area contributed by atoms with E-state index in [1.165, 1.54) is 12.2 Å². The molecule has 0 radical (unpaired) electrons. The second-order valence-electron chi connectivity index (χ2n) is 2.81. The molecule has 0 amide bonds. The summed E-state index contributed by atoms with van der Waals surface area (Å²) in [6, 6.07) is 0. The Morgan fingerprint density at radius 2 is 2.10 bits per heavy atom. The third-order valence-electron chi connectivity index (χ3n) is 1.03. The summed E-state index contributed by atoms with van der Waals surface area (Å²) in [7, 11) is 0. The predicted molar refractivity (Wildman–Crippen MR) is 40.7 cm³/mol. The Morgan fingerprint density at radius 3 is 2.40 bits per heavy atom. The third kappa shape index (κ3) is 5.51. The number of carbonyl (C=O) groups is 1. The summed E-state index contributed by atoms with van der Waals surface area (Å²) < 4.78 is 0. The van der Waals surface area contributed by atoms with Crippen molar-refractivity contribution in [3.63, 3.8) is 0 Å². The fourth-order valence-electron chi connectivity index (χ4n) is 0.415. The first-order valence-corrected chi connectivity index (χ1v) is 3.40. The zero-order valence-corrected chi connectivity index (χ0v) is 6.72. The lowest BCUT2D eigenvalue weighted by Gasteiger charge is -2.09. The number of hydrogen-bond acceptors (Lipinski definition) is 2. The highest BCUT2D eigenvalue weighted by molar-refractivity contribution is 5.89. The molecule has 2 nitrogen and oxygen atoms in total. The molecule has 1 N–H and O–H groups in total. The molecule has 0 aromatic carbocycles. The third-order valence-corrected chi connectivity index (χ3v) is 1.03. The Balaban J connectivity index is 3.88. The molecule has 10 heavy (non-hydrogen) atoms. The quantitative estimate of drug-likeness (QED) is 0.603. The van der Waals surface area contributed by atoms with E-state index in [-0.39, 0.29) is 5.78 Å². The number of carbonyl (C=O) groups excluding carboxylic acids is 1. The minimum atomic E-state index is -0.870. The molecule has 0 heterocycles. The summed E-state index contributed by atoms with van der Waals surface area (Å²) >= 11 is 0. The number of ketones is 1. The number of rotatable bonds is 3. The van der Waals surface area contributed by atoms with Gasteiger partial charge in [-0.2, -0.15) is 0 Å². The monoisotopic (exact) mass is 142 g/mol. The summed E-state index contributed by atoms with van der Waals surface area (Å²) in [5.74, 6) is 0.0436. The maximum atomic E-state index is 10.7. The molecule has 0 fully saturated rings. The Hall–Kier alpha value is -0.630. The van der Waals surface area contributed by atoms with E-state index in [0.29, 0.717) is 6.42 Å². The van der Waals surface area contributed by atoms with E-state index in [4.69, 9.17) is 5.11 Å². The van der Waals surface area contributed by atoms with E-state index >= 15 is 0 Å². The Kier molecular flexibility index (Phi) is 3.30. The zero-order chi connectivity index (χ0) is 8.20. The van der Waals surface area contributed by atoms with Gasteiger partial charge in [0.2, 0.25) is 0 Å². The van der Waals surface area contributed by atoms with E-state index in [1.54, 1.807) is 20.8 Å². The Labute approximate surface area is 61.6 Å². The number of allylic oxidation sites excluding steroid dienone is 1. The molecule has 0 aliphatic carbocycles. The van der Waals surface area contributed by atoms with Crippen molar-refractivity contribution in [1.82, 2.24) is 0 Å². The summed E-state index contributed by atoms with van der Waals surface area (Å²) in [6.07, 6.45) is 3.41. The van der Waals surface area contributed by atoms with Crippen LogP contribution in [0, 0.1) is 0 Å². The first kappa shape index (κ1) is 9.37. The van der Waals surface area contributed by atoms with Gasteiger partial charge in [0.25, 0.3) is 0 Å². The van der Waals surface area contributed by atoms with Crippen LogP contribution in [0.2, 0.25) is 0 Å². The van der Waals surface area contributed by atoms with Crippen LogP contribution in [0.15, 0.2) is 12.2 Å². The number of aliphatic hydroxyl groups is 1. The van der Waals surface area contributed by atoms with Crippen LogP contribution in [-0.2, 0) is 4.79 Å². The van der Waals surface area contributed by atoms with Gasteiger partial charge in [-0.3, -0.25) is 4.79 Å². The van der Waals surface area contributed by atoms with Gasteiger partial charge in [0, 0.05) is 6.42 Å². The van der Waals surface area contributed by atoms with Crippen LogP contribution in [0.3, 0.4) is 0 Å². The van der Waals surface area contributed by atoms with Crippen molar-refractivity contribution in [3.8, 4) is 0 Å². The highest BCUT2D eigenvalue weighted by Crippen LogP contribution is 2.02. The summed E-state index contributed by atoms with van der Waals surface area (Å²) in [4.78, 5) is 10.7. The second-order valence-corrected chi connectivity index (χ2v) is 2.81. The molecular weight excluding hydrogens is 128 g/mol. The first-order valence-electron chi connectivity index (χ1n) is 3.40. The maximum Gasteiger partial charge on any atom is 0.155 e. The van der Waals surface area contributed by atoms with Crippen LogP contribution in [0.1, 0.15) is 27.2 Å². The Morgan fingerprint density at radius 1 is 1.60 bits per heavy atom. The topological polar surface area (TPSA) is 37.3 Å². The lowest BCUT2D eigenvalue weighted by atomic mass is 10.1. The van der Waals surface area contributed by atoms with Crippen LogP contribution in [0.25, 0.3) is 0 Å². The van der Waals surface area contributed by atoms with Gasteiger partial charge in [-0.15, -0.1) is 0 Å². The molecule has 0 spiro atoms. The van der Waals surface area contributed by atoms with E-state index in [1.807, 2.05) is 0 Å². The molecule has 58 valence electrons. The molecule has 0 saturated carbocycles. The lowest BCUT2D eigenvalue weighted by Crippen LogP contribution is -2.14. The van der Waals surface area contributed by atoms with Crippen LogP contribution >= 0.6 is 0 Å². The van der Waals surface area contributed by atoms with Crippen LogP contribution in [-0.4, -0.2) is 16.5 Å². The molecule has 2 heteroatoms. The van der Waals surface area contributed by atoms with Crippen LogP contribution in [0.4, 0.5) is 0 Å². The van der Waals surface area contributed by atoms with Gasteiger partial charge in [0.15, 0.2) is 5.78 Å². The summed E-state index contributed by atoms with van der Waals surface area (Å²) in [5.41, 5.74) is -0.870. The molecule has 0 unspecified atom stereocenters. The van der Waals surface area contributed by atoms with Gasteiger partial charge in [0.05, 0.1) is 5.60 Å². The maximum absolute atomic E-state index is 10.7. The highest BCUT2D eigenvalue weighted by atomic mass is 16.3. The summed E-state index contributed by atoms with van der Waals surface area (Å²) in [6.45, 7) is 5.05. The van der Waals surface area contributed by atoms with Crippen LogP contribution in [0.5, 0.6) is 0 Å². The van der Waals surface area contributed by atoms with Gasteiger partial charge < -0.3 is 5.11 Å². The van der Waals surface area contributed by atoms with Gasteiger partial charge in [-0.05, 0) is 19.9 Å². The average molecular weight is 142 g/mol. The van der Waals surface area contributed by atoms with E-state index in [2.05, 4.69) is 0 Å². The van der Waals surface area contributed by atoms with Gasteiger partial charge >= 0.3 is 0 Å². The first-order chi connectivity index (χ1) is 4.45. The van der Waals surface area contributed by atoms with Gasteiger partial charge in [-0.1, -0.05) is 13.0 Å². The number of hydrogen-bond donors (Lipinski definition) is 1. The predicted octanol–water partition coefficient (Wildman–Crippen LogP) is 1.29. The van der Waals surface area contributed by atoms with Crippen molar-refractivity contribution in [3.05, 3.63) is 12.2 Å². The second kappa shape index (κ2) is 3.52. The van der Waals surface area contributed by atoms with E-state index < -0.39 is 5.60 Å². The van der Waals surface area contributed by atoms with Crippen molar-refractivity contribution in [2.45, 2.75) is 32.8 Å². The normalized spacial score (nSPS) is 12.4. The molecular formula is C8H14O2. The minimum absolute atomic E-state index is 0.0436. The van der Waals surface area contributed by atoms with E-state index in [0.717, 1.165) is 0 Å². The SMILES string of the molecule is CCC(=O)/C=C/C(C)(C)O. The highest BCUT2D eigenvalue weighted by Gasteiger charge is 2.06. The standard InChI is InChI=1S/C8H14O2/c1-4-7(9)5-6-8(2,3)10/h5-6,10H,4H2,1-3H3/b6-5+. The summed E-state index contributed by atoms with van der Waals surface area (Å²) in [5, 5.41) is 9.12. The molecule has 0 rings (SSSR count). The lowest BCUT2D eigenvalue weighted by molar-refractivity contribution is -0.114. The molecule has 0 aromatic rings. The molecule has 0 atom stereocenters. The van der Waals surface area contributed by atoms with Crippen molar-refractivity contribution >= 4 is 5.78 Å².